The van der Waals surface area contributed by atoms with Crippen LogP contribution in [0.5, 0.6) is 0 Å². The van der Waals surface area contributed by atoms with E-state index in [1.165, 1.54) is 71.7 Å². The van der Waals surface area contributed by atoms with Gasteiger partial charge in [0.25, 0.3) is 0 Å². The summed E-state index contributed by atoms with van der Waals surface area (Å²) in [5, 5.41) is 1.18. The van der Waals surface area contributed by atoms with Crippen molar-refractivity contribution >= 4 is 22.8 Å². The van der Waals surface area contributed by atoms with Gasteiger partial charge in [-0.2, -0.15) is 0 Å². The van der Waals surface area contributed by atoms with Crippen LogP contribution < -0.4 is 0 Å². The minimum Gasteiger partial charge on any atom is -0.326 e. The van der Waals surface area contributed by atoms with Crippen LogP contribution in [-0.4, -0.2) is 27.9 Å². The normalized spacial score (nSPS) is 32.4. The van der Waals surface area contributed by atoms with Gasteiger partial charge in [0.15, 0.2) is 0 Å². The molecule has 3 nitrogen and oxygen atoms in total. The van der Waals surface area contributed by atoms with Gasteiger partial charge in [-0.25, -0.2) is 4.98 Å². The number of carbonyl (C=O) groups excluding carboxylic acids is 1. The number of carbonyl (C=O) groups is 1. The van der Waals surface area contributed by atoms with Crippen LogP contribution in [0.25, 0.3) is 5.57 Å². The topological polar surface area (TPSA) is 33.2 Å². The second kappa shape index (κ2) is 5.91. The average molecular weight is 379 g/mol. The van der Waals surface area contributed by atoms with Crippen molar-refractivity contribution in [2.75, 3.05) is 6.54 Å². The number of likely N-dealkylation sites (tertiary alicyclic amines) is 1. The summed E-state index contributed by atoms with van der Waals surface area (Å²) in [6.07, 6.45) is 20.0. The summed E-state index contributed by atoms with van der Waals surface area (Å²) in [7, 11) is 0. The third kappa shape index (κ3) is 2.67. The molecule has 6 rings (SSSR count). The zero-order chi connectivity index (χ0) is 18.0. The second-order valence-electron chi connectivity index (χ2n) is 8.92. The first-order valence-corrected chi connectivity index (χ1v) is 11.5. The van der Waals surface area contributed by atoms with Crippen LogP contribution in [0.15, 0.2) is 29.9 Å². The van der Waals surface area contributed by atoms with Gasteiger partial charge in [-0.05, 0) is 87.0 Å². The van der Waals surface area contributed by atoms with E-state index in [0.717, 1.165) is 24.8 Å². The van der Waals surface area contributed by atoms with Crippen LogP contribution in [0.1, 0.15) is 60.5 Å². The second-order valence-corrected chi connectivity index (χ2v) is 10.0. The van der Waals surface area contributed by atoms with Gasteiger partial charge in [0.1, 0.15) is 10.5 Å². The number of hydrogen-bond donors (Lipinski definition) is 0. The maximum atomic E-state index is 12.2. The number of aryl methyl sites for hydroxylation is 2. The number of amides is 1. The Labute approximate surface area is 164 Å². The number of rotatable bonds is 3. The van der Waals surface area contributed by atoms with Gasteiger partial charge < -0.3 is 4.90 Å². The molecule has 0 N–H and O–H groups in total. The molecular formula is C23H26N2OS. The summed E-state index contributed by atoms with van der Waals surface area (Å²) in [6, 6.07) is 0. The molecule has 1 aliphatic heterocycles. The molecule has 1 amide bonds. The van der Waals surface area contributed by atoms with E-state index in [9.17, 15) is 4.79 Å². The predicted octanol–water partition coefficient (Wildman–Crippen LogP) is 4.69. The molecule has 4 aliphatic carbocycles. The van der Waals surface area contributed by atoms with Gasteiger partial charge in [-0.15, -0.1) is 11.3 Å². The van der Waals surface area contributed by atoms with Crippen molar-refractivity contribution in [3.8, 4) is 0 Å². The predicted molar refractivity (Wildman–Crippen MR) is 108 cm³/mol. The van der Waals surface area contributed by atoms with Crippen LogP contribution in [-0.2, 0) is 17.6 Å². The molecule has 27 heavy (non-hydrogen) atoms. The fourth-order valence-electron chi connectivity index (χ4n) is 5.36. The number of nitrogens with zero attached hydrogens (tertiary/aromatic N) is 2. The molecule has 1 saturated carbocycles. The first kappa shape index (κ1) is 16.3. The molecule has 0 spiro atoms. The number of aromatic nitrogens is 1. The van der Waals surface area contributed by atoms with E-state index in [4.69, 9.17) is 4.98 Å². The minimum absolute atomic E-state index is 0.194. The number of hydrogen-bond acceptors (Lipinski definition) is 3. The Bertz CT molecular complexity index is 903. The highest BCUT2D eigenvalue weighted by Crippen LogP contribution is 2.49. The van der Waals surface area contributed by atoms with E-state index in [2.05, 4.69) is 24.3 Å². The fourth-order valence-corrected chi connectivity index (χ4v) is 6.50. The zero-order valence-corrected chi connectivity index (χ0v) is 16.6. The van der Waals surface area contributed by atoms with Crippen LogP contribution >= 0.6 is 11.3 Å². The minimum atomic E-state index is -0.194. The third-order valence-corrected chi connectivity index (χ3v) is 8.35. The quantitative estimate of drug-likeness (QED) is 0.764. The van der Waals surface area contributed by atoms with E-state index in [1.54, 1.807) is 0 Å². The number of fused-ring (bicyclic) bond motifs is 2. The van der Waals surface area contributed by atoms with Gasteiger partial charge in [0, 0.05) is 23.4 Å². The molecule has 2 heterocycles. The van der Waals surface area contributed by atoms with E-state index < -0.39 is 0 Å². The van der Waals surface area contributed by atoms with Crippen LogP contribution in [0.4, 0.5) is 0 Å². The van der Waals surface area contributed by atoms with Crippen molar-refractivity contribution in [2.24, 2.45) is 11.8 Å². The molecular weight excluding hydrogens is 352 g/mol. The smallest absolute Gasteiger partial charge is 0.223 e. The van der Waals surface area contributed by atoms with E-state index in [0.29, 0.717) is 12.3 Å². The zero-order valence-electron chi connectivity index (χ0n) is 15.7. The summed E-state index contributed by atoms with van der Waals surface area (Å²) < 4.78 is 0. The Hall–Kier alpha value is -1.68. The summed E-state index contributed by atoms with van der Waals surface area (Å²) in [6.45, 7) is 0.889. The van der Waals surface area contributed by atoms with Gasteiger partial charge in [-0.1, -0.05) is 6.08 Å². The molecule has 4 heteroatoms. The lowest BCUT2D eigenvalue weighted by atomic mass is 9.88. The lowest BCUT2D eigenvalue weighted by Gasteiger charge is -2.28. The highest BCUT2D eigenvalue weighted by Gasteiger charge is 2.50. The van der Waals surface area contributed by atoms with Crippen molar-refractivity contribution in [1.82, 2.24) is 9.88 Å². The largest absolute Gasteiger partial charge is 0.326 e. The van der Waals surface area contributed by atoms with Crippen molar-refractivity contribution in [2.45, 2.75) is 63.3 Å². The first-order chi connectivity index (χ1) is 13.2. The van der Waals surface area contributed by atoms with Crippen molar-refractivity contribution in [3.63, 3.8) is 0 Å². The molecule has 2 fully saturated rings. The lowest BCUT2D eigenvalue weighted by Crippen LogP contribution is -2.39. The first-order valence-electron chi connectivity index (χ1n) is 10.7. The monoisotopic (exact) mass is 378 g/mol. The molecule has 2 unspecified atom stereocenters. The maximum absolute atomic E-state index is 12.2. The average Bonchev–Trinajstić information content (AvgIpc) is 3.54. The summed E-state index contributed by atoms with van der Waals surface area (Å²) >= 11 is 1.90. The van der Waals surface area contributed by atoms with Gasteiger partial charge in [0.2, 0.25) is 5.91 Å². The van der Waals surface area contributed by atoms with Crippen molar-refractivity contribution < 1.29 is 4.79 Å². The number of allylic oxidation sites excluding steroid dienone is 2. The summed E-state index contributed by atoms with van der Waals surface area (Å²) in [4.78, 5) is 20.8. The molecule has 140 valence electrons. The van der Waals surface area contributed by atoms with E-state index >= 15 is 0 Å². The Morgan fingerprint density at radius 1 is 1.07 bits per heavy atom. The van der Waals surface area contributed by atoms with Crippen LogP contribution in [0.3, 0.4) is 0 Å². The highest BCUT2D eigenvalue weighted by atomic mass is 32.1. The standard InChI is InChI=1S/C23H26N2OS/c26-21-5-2-12-25(21)23-11-10-17(13-18(23)14-23)22-24-19-9-8-15(16-6-7-16)3-1-4-20(19)27-22/h10-11,13-16H,1-9,12H2. The molecule has 1 saturated heterocycles. The number of thiazole rings is 1. The van der Waals surface area contributed by atoms with Crippen LogP contribution in [0, 0.1) is 11.8 Å². The Morgan fingerprint density at radius 2 is 1.96 bits per heavy atom. The van der Waals surface area contributed by atoms with Gasteiger partial charge >= 0.3 is 0 Å². The maximum Gasteiger partial charge on any atom is 0.223 e. The Balaban J connectivity index is 1.22. The molecule has 0 radical (unpaired) electrons. The Morgan fingerprint density at radius 3 is 2.74 bits per heavy atom. The van der Waals surface area contributed by atoms with Gasteiger partial charge in [-0.3, -0.25) is 4.79 Å². The summed E-state index contributed by atoms with van der Waals surface area (Å²) in [5.41, 5.74) is 3.69. The van der Waals surface area contributed by atoms with Gasteiger partial charge in [0.05, 0.1) is 5.69 Å². The molecule has 5 aliphatic rings. The lowest BCUT2D eigenvalue weighted by molar-refractivity contribution is -0.129. The summed E-state index contributed by atoms with van der Waals surface area (Å²) in [5.74, 6) is 2.27. The highest BCUT2D eigenvalue weighted by molar-refractivity contribution is 7.12. The van der Waals surface area contributed by atoms with Crippen LogP contribution in [0.2, 0.25) is 0 Å². The fraction of sp³-hybridized carbons (Fsp3) is 0.565. The SMILES string of the molecule is O=C1CCCN1C12C=CC(c3nc4c(s3)CCCC(C3CC3)CC4)=CC1=C2. The molecule has 1 aromatic rings. The third-order valence-electron chi connectivity index (χ3n) is 7.15. The molecule has 1 aromatic heterocycles. The van der Waals surface area contributed by atoms with E-state index in [-0.39, 0.29) is 5.54 Å². The van der Waals surface area contributed by atoms with Crippen molar-refractivity contribution in [1.29, 1.82) is 0 Å². The van der Waals surface area contributed by atoms with E-state index in [1.807, 2.05) is 16.2 Å². The Kier molecular flexibility index (Phi) is 3.56. The molecule has 0 bridgehead atoms. The van der Waals surface area contributed by atoms with Crippen molar-refractivity contribution in [3.05, 3.63) is 45.5 Å². The molecule has 2 atom stereocenters. The molecule has 0 aromatic carbocycles.